The Labute approximate surface area is 126 Å². The Hall–Kier alpha value is -0.995. The molecule has 111 valence electrons. The maximum Gasteiger partial charge on any atom is 0.482 e. The summed E-state index contributed by atoms with van der Waals surface area (Å²) in [7, 11) is 1.81. The average Bonchev–Trinajstić information content (AvgIpc) is 2.40. The summed E-state index contributed by atoms with van der Waals surface area (Å²) < 4.78 is 5.48. The molecule has 3 nitrogen and oxygen atoms in total. The van der Waals surface area contributed by atoms with Crippen molar-refractivity contribution in [3.63, 3.8) is 0 Å². The van der Waals surface area contributed by atoms with Gasteiger partial charge >= 0.3 is 7.69 Å². The molecule has 4 bridgehead atoms. The van der Waals surface area contributed by atoms with E-state index in [9.17, 15) is 0 Å². The highest BCUT2D eigenvalue weighted by atomic mass is 16.5. The van der Waals surface area contributed by atoms with E-state index in [2.05, 4.69) is 12.1 Å². The number of benzene rings is 1. The molecule has 0 aromatic heterocycles. The standard InChI is InChI=1S/C17H20O.BH2O2/c1-18-15-6-13-5-14(16(13)15)17-7-10-2-11(8-17)4-12(3-10)9-17;2-1-3/h5-6,10-12H,2-4,7-9H2,1H3;2-3H. The average molecular weight is 285 g/mol. The van der Waals surface area contributed by atoms with E-state index in [-0.39, 0.29) is 7.69 Å². The molecular formula is C17H22BO3. The van der Waals surface area contributed by atoms with Crippen LogP contribution in [0.5, 0.6) is 5.75 Å². The van der Waals surface area contributed by atoms with Crippen molar-refractivity contribution in [2.24, 2.45) is 17.8 Å². The van der Waals surface area contributed by atoms with E-state index in [4.69, 9.17) is 14.8 Å². The monoisotopic (exact) mass is 285 g/mol. The van der Waals surface area contributed by atoms with Crippen LogP contribution in [0.2, 0.25) is 0 Å². The summed E-state index contributed by atoms with van der Waals surface area (Å²) in [6, 6.07) is 4.66. The summed E-state index contributed by atoms with van der Waals surface area (Å²) in [5.41, 5.74) is 5.19. The van der Waals surface area contributed by atoms with Crippen molar-refractivity contribution >= 4 is 7.69 Å². The number of hydrogen-bond donors (Lipinski definition) is 2. The van der Waals surface area contributed by atoms with Gasteiger partial charge in [0.15, 0.2) is 0 Å². The van der Waals surface area contributed by atoms with Crippen LogP contribution in [0.25, 0.3) is 11.1 Å². The highest BCUT2D eigenvalue weighted by molar-refractivity contribution is 6.13. The minimum atomic E-state index is 0. The molecule has 0 atom stereocenters. The van der Waals surface area contributed by atoms with Crippen molar-refractivity contribution in [1.82, 2.24) is 0 Å². The molecule has 6 rings (SSSR count). The molecule has 2 N–H and O–H groups in total. The molecular weight excluding hydrogens is 263 g/mol. The number of hydrogen-bond acceptors (Lipinski definition) is 3. The third kappa shape index (κ3) is 1.88. The van der Waals surface area contributed by atoms with Gasteiger partial charge in [0.2, 0.25) is 0 Å². The molecule has 0 aromatic carbocycles. The zero-order valence-electron chi connectivity index (χ0n) is 12.5. The normalized spacial score (nSPS) is 36.8. The molecule has 0 unspecified atom stereocenters. The Morgan fingerprint density at radius 2 is 1.57 bits per heavy atom. The van der Waals surface area contributed by atoms with Gasteiger partial charge in [-0.05, 0) is 85.0 Å². The van der Waals surface area contributed by atoms with Gasteiger partial charge < -0.3 is 14.8 Å². The molecule has 0 saturated heterocycles. The predicted octanol–water partition coefficient (Wildman–Crippen LogP) is 2.65. The highest BCUT2D eigenvalue weighted by Crippen LogP contribution is 2.65. The van der Waals surface area contributed by atoms with E-state index in [0.717, 1.165) is 23.5 Å². The molecule has 0 aromatic rings. The first-order valence-electron chi connectivity index (χ1n) is 8.02. The van der Waals surface area contributed by atoms with Crippen LogP contribution in [0.4, 0.5) is 0 Å². The topological polar surface area (TPSA) is 49.7 Å². The first kappa shape index (κ1) is 13.7. The minimum Gasteiger partial charge on any atom is -0.496 e. The second kappa shape index (κ2) is 4.75. The third-order valence-corrected chi connectivity index (χ3v) is 6.22. The van der Waals surface area contributed by atoms with Crippen LogP contribution in [0.3, 0.4) is 0 Å². The summed E-state index contributed by atoms with van der Waals surface area (Å²) in [6.45, 7) is 0. The van der Waals surface area contributed by atoms with Gasteiger partial charge in [-0.2, -0.15) is 0 Å². The predicted molar refractivity (Wildman–Crippen MR) is 82.0 cm³/mol. The fourth-order valence-corrected chi connectivity index (χ4v) is 5.92. The van der Waals surface area contributed by atoms with Crippen LogP contribution in [0.1, 0.15) is 44.1 Å². The lowest BCUT2D eigenvalue weighted by molar-refractivity contribution is -0.00544. The Balaban J connectivity index is 0.000000357. The van der Waals surface area contributed by atoms with E-state index in [1.807, 2.05) is 7.11 Å². The number of methoxy groups -OCH3 is 1. The van der Waals surface area contributed by atoms with E-state index >= 15 is 0 Å². The zero-order chi connectivity index (χ0) is 14.6. The van der Waals surface area contributed by atoms with E-state index in [1.165, 1.54) is 49.7 Å². The highest BCUT2D eigenvalue weighted by Gasteiger charge is 2.53. The molecule has 21 heavy (non-hydrogen) atoms. The summed E-state index contributed by atoms with van der Waals surface area (Å²) in [6.07, 6.45) is 9.01. The minimum absolute atomic E-state index is 0. The summed E-state index contributed by atoms with van der Waals surface area (Å²) in [4.78, 5) is 0. The van der Waals surface area contributed by atoms with Crippen molar-refractivity contribution in [2.75, 3.05) is 7.11 Å². The third-order valence-electron chi connectivity index (χ3n) is 6.22. The number of fused-ring (bicyclic) bond motifs is 1. The van der Waals surface area contributed by atoms with Gasteiger partial charge in [-0.25, -0.2) is 0 Å². The Morgan fingerprint density at radius 1 is 1.05 bits per heavy atom. The molecule has 0 aliphatic heterocycles. The van der Waals surface area contributed by atoms with Crippen LogP contribution < -0.4 is 4.74 Å². The summed E-state index contributed by atoms with van der Waals surface area (Å²) >= 11 is 0. The van der Waals surface area contributed by atoms with Crippen molar-refractivity contribution in [3.05, 3.63) is 17.7 Å². The van der Waals surface area contributed by atoms with Gasteiger partial charge in [0.1, 0.15) is 5.75 Å². The zero-order valence-corrected chi connectivity index (χ0v) is 12.5. The second-order valence-electron chi connectivity index (χ2n) is 7.41. The summed E-state index contributed by atoms with van der Waals surface area (Å²) in [5.74, 6) is 4.27. The molecule has 6 aliphatic rings. The fourth-order valence-electron chi connectivity index (χ4n) is 5.92. The molecule has 4 heteroatoms. The van der Waals surface area contributed by atoms with Crippen molar-refractivity contribution in [3.8, 4) is 16.9 Å². The molecule has 4 fully saturated rings. The molecule has 6 aliphatic carbocycles. The SMILES string of the molecule is COc1cc2cc(C34CC5CC(CC(C5)C3)C4)c1-2.O[B]O. The van der Waals surface area contributed by atoms with Gasteiger partial charge in [0, 0.05) is 5.56 Å². The first-order valence-corrected chi connectivity index (χ1v) is 8.02. The Morgan fingerprint density at radius 3 is 2.00 bits per heavy atom. The smallest absolute Gasteiger partial charge is 0.482 e. The maximum atomic E-state index is 7.00. The first-order chi connectivity index (χ1) is 10.2. The van der Waals surface area contributed by atoms with Crippen molar-refractivity contribution in [1.29, 1.82) is 0 Å². The van der Waals surface area contributed by atoms with Crippen LogP contribution in [0.15, 0.2) is 12.1 Å². The van der Waals surface area contributed by atoms with Crippen molar-refractivity contribution in [2.45, 2.75) is 43.9 Å². The van der Waals surface area contributed by atoms with Gasteiger partial charge in [-0.15, -0.1) is 0 Å². The molecule has 0 amide bonds. The molecule has 0 heterocycles. The largest absolute Gasteiger partial charge is 0.496 e. The van der Waals surface area contributed by atoms with Gasteiger partial charge in [-0.1, -0.05) is 0 Å². The lowest BCUT2D eigenvalue weighted by Crippen LogP contribution is -2.49. The number of ether oxygens (including phenoxy) is 1. The van der Waals surface area contributed by atoms with Crippen LogP contribution in [-0.4, -0.2) is 24.8 Å². The van der Waals surface area contributed by atoms with E-state index < -0.39 is 0 Å². The van der Waals surface area contributed by atoms with E-state index in [1.54, 1.807) is 5.56 Å². The quantitative estimate of drug-likeness (QED) is 0.834. The van der Waals surface area contributed by atoms with E-state index in [0.29, 0.717) is 5.41 Å². The summed E-state index contributed by atoms with van der Waals surface area (Å²) in [5, 5.41) is 14.0. The molecule has 0 spiro atoms. The van der Waals surface area contributed by atoms with Gasteiger partial charge in [0.25, 0.3) is 0 Å². The molecule has 4 saturated carbocycles. The van der Waals surface area contributed by atoms with Gasteiger partial charge in [0.05, 0.1) is 7.11 Å². The van der Waals surface area contributed by atoms with Crippen LogP contribution in [-0.2, 0) is 5.41 Å². The second-order valence-corrected chi connectivity index (χ2v) is 7.41. The lowest BCUT2D eigenvalue weighted by atomic mass is 9.46. The molecule has 1 radical (unpaired) electrons. The van der Waals surface area contributed by atoms with Gasteiger partial charge in [-0.3, -0.25) is 0 Å². The van der Waals surface area contributed by atoms with Crippen LogP contribution >= 0.6 is 0 Å². The Bertz CT molecular complexity index is 534. The number of rotatable bonds is 2. The van der Waals surface area contributed by atoms with Crippen LogP contribution in [0, 0.1) is 17.8 Å². The Kier molecular flexibility index (Phi) is 3.09. The lowest BCUT2D eigenvalue weighted by Gasteiger charge is -2.58. The van der Waals surface area contributed by atoms with Crippen molar-refractivity contribution < 1.29 is 14.8 Å². The maximum absolute atomic E-state index is 7.00. The fraction of sp³-hybridized carbons (Fsp3) is 0.647.